The Balaban J connectivity index is 2.03. The molecule has 2 rings (SSSR count). The van der Waals surface area contributed by atoms with Crippen molar-refractivity contribution >= 4 is 5.91 Å². The van der Waals surface area contributed by atoms with E-state index in [0.717, 1.165) is 18.9 Å². The van der Waals surface area contributed by atoms with Crippen molar-refractivity contribution < 1.29 is 15.0 Å². The molecule has 1 saturated carbocycles. The van der Waals surface area contributed by atoms with Gasteiger partial charge in [0.1, 0.15) is 11.5 Å². The highest BCUT2D eigenvalue weighted by Gasteiger charge is 2.27. The predicted molar refractivity (Wildman–Crippen MR) is 58.2 cm³/mol. The van der Waals surface area contributed by atoms with Crippen LogP contribution in [0.15, 0.2) is 18.2 Å². The van der Waals surface area contributed by atoms with Crippen molar-refractivity contribution in [2.75, 3.05) is 0 Å². The van der Waals surface area contributed by atoms with Gasteiger partial charge in [0.05, 0.1) is 5.56 Å². The van der Waals surface area contributed by atoms with Gasteiger partial charge in [0.25, 0.3) is 5.91 Å². The maximum absolute atomic E-state index is 11.7. The number of amides is 1. The van der Waals surface area contributed by atoms with Crippen LogP contribution in [0.4, 0.5) is 0 Å². The number of carbonyl (C=O) groups excluding carboxylic acids is 1. The molecule has 16 heavy (non-hydrogen) atoms. The Morgan fingerprint density at radius 2 is 2.06 bits per heavy atom. The van der Waals surface area contributed by atoms with E-state index in [-0.39, 0.29) is 35.1 Å². The van der Waals surface area contributed by atoms with Gasteiger partial charge in [-0.3, -0.25) is 4.79 Å². The molecule has 5 nitrogen and oxygen atoms in total. The lowest BCUT2D eigenvalue weighted by Gasteiger charge is -2.32. The first kappa shape index (κ1) is 10.8. The first-order valence-corrected chi connectivity index (χ1v) is 5.14. The van der Waals surface area contributed by atoms with E-state index in [0.29, 0.717) is 0 Å². The lowest BCUT2D eigenvalue weighted by Crippen LogP contribution is -2.50. The fourth-order valence-electron chi connectivity index (χ4n) is 1.75. The molecule has 5 N–H and O–H groups in total. The van der Waals surface area contributed by atoms with Crippen molar-refractivity contribution in [2.45, 2.75) is 24.9 Å². The SMILES string of the molecule is NC1CC(NC(=O)c2ccc(O)cc2O)C1. The van der Waals surface area contributed by atoms with Crippen molar-refractivity contribution in [1.29, 1.82) is 0 Å². The Morgan fingerprint density at radius 3 is 2.62 bits per heavy atom. The Bertz CT molecular complexity index is 414. The molecule has 0 bridgehead atoms. The van der Waals surface area contributed by atoms with Gasteiger partial charge in [0.2, 0.25) is 0 Å². The third-order valence-electron chi connectivity index (χ3n) is 2.74. The van der Waals surface area contributed by atoms with Crippen LogP contribution in [-0.2, 0) is 0 Å². The molecule has 0 spiro atoms. The van der Waals surface area contributed by atoms with E-state index in [1.54, 1.807) is 0 Å². The zero-order chi connectivity index (χ0) is 11.7. The molecule has 0 aliphatic heterocycles. The zero-order valence-electron chi connectivity index (χ0n) is 8.68. The van der Waals surface area contributed by atoms with E-state index in [2.05, 4.69) is 5.32 Å². The molecule has 0 aromatic heterocycles. The van der Waals surface area contributed by atoms with Gasteiger partial charge in [-0.25, -0.2) is 0 Å². The van der Waals surface area contributed by atoms with Gasteiger partial charge in [-0.1, -0.05) is 0 Å². The smallest absolute Gasteiger partial charge is 0.255 e. The van der Waals surface area contributed by atoms with E-state index < -0.39 is 0 Å². The molecular weight excluding hydrogens is 208 g/mol. The van der Waals surface area contributed by atoms with Crippen LogP contribution in [0.5, 0.6) is 11.5 Å². The average molecular weight is 222 g/mol. The van der Waals surface area contributed by atoms with E-state index in [4.69, 9.17) is 10.8 Å². The largest absolute Gasteiger partial charge is 0.508 e. The van der Waals surface area contributed by atoms with Gasteiger partial charge in [-0.05, 0) is 25.0 Å². The number of hydrogen-bond acceptors (Lipinski definition) is 4. The number of carbonyl (C=O) groups is 1. The summed E-state index contributed by atoms with van der Waals surface area (Å²) in [6.45, 7) is 0. The summed E-state index contributed by atoms with van der Waals surface area (Å²) in [5.41, 5.74) is 5.76. The van der Waals surface area contributed by atoms with Crippen molar-refractivity contribution in [3.8, 4) is 11.5 Å². The minimum Gasteiger partial charge on any atom is -0.508 e. The number of aromatic hydroxyl groups is 2. The normalized spacial score (nSPS) is 23.6. The van der Waals surface area contributed by atoms with Gasteiger partial charge in [-0.15, -0.1) is 0 Å². The summed E-state index contributed by atoms with van der Waals surface area (Å²) in [6.07, 6.45) is 1.54. The van der Waals surface area contributed by atoms with Gasteiger partial charge >= 0.3 is 0 Å². The maximum Gasteiger partial charge on any atom is 0.255 e. The second kappa shape index (κ2) is 4.02. The molecule has 0 heterocycles. The maximum atomic E-state index is 11.7. The highest BCUT2D eigenvalue weighted by atomic mass is 16.3. The Labute approximate surface area is 92.9 Å². The first-order valence-electron chi connectivity index (χ1n) is 5.14. The predicted octanol–water partition coefficient (Wildman–Crippen LogP) is 0.317. The molecule has 0 unspecified atom stereocenters. The van der Waals surface area contributed by atoms with E-state index >= 15 is 0 Å². The minimum atomic E-state index is -0.339. The van der Waals surface area contributed by atoms with Crippen LogP contribution in [0.1, 0.15) is 23.2 Å². The Morgan fingerprint density at radius 1 is 1.38 bits per heavy atom. The van der Waals surface area contributed by atoms with Crippen LogP contribution < -0.4 is 11.1 Å². The van der Waals surface area contributed by atoms with Gasteiger partial charge in [-0.2, -0.15) is 0 Å². The van der Waals surface area contributed by atoms with Gasteiger partial charge < -0.3 is 21.3 Å². The number of hydrogen-bond donors (Lipinski definition) is 4. The number of benzene rings is 1. The molecule has 1 aliphatic carbocycles. The first-order chi connectivity index (χ1) is 7.56. The van der Waals surface area contributed by atoms with E-state index in [9.17, 15) is 9.90 Å². The third-order valence-corrected chi connectivity index (χ3v) is 2.74. The number of nitrogens with one attached hydrogen (secondary N) is 1. The summed E-state index contributed by atoms with van der Waals surface area (Å²) in [6, 6.07) is 4.15. The topological polar surface area (TPSA) is 95.6 Å². The highest BCUT2D eigenvalue weighted by molar-refractivity contribution is 5.97. The zero-order valence-corrected chi connectivity index (χ0v) is 8.68. The molecule has 0 atom stereocenters. The monoisotopic (exact) mass is 222 g/mol. The van der Waals surface area contributed by atoms with Crippen LogP contribution in [0.3, 0.4) is 0 Å². The molecule has 1 fully saturated rings. The summed E-state index contributed by atoms with van der Waals surface area (Å²) in [7, 11) is 0. The van der Waals surface area contributed by atoms with E-state index in [1.807, 2.05) is 0 Å². The lowest BCUT2D eigenvalue weighted by atomic mass is 9.87. The standard InChI is InChI=1S/C11H14N2O3/c12-6-3-7(4-6)13-11(16)9-2-1-8(14)5-10(9)15/h1-2,5-7,14-15H,3-4,12H2,(H,13,16). The number of phenols is 2. The second-order valence-corrected chi connectivity index (χ2v) is 4.10. The quantitative estimate of drug-likeness (QED) is 0.579. The third kappa shape index (κ3) is 2.09. The number of rotatable bonds is 2. The number of nitrogens with two attached hydrogens (primary N) is 1. The molecule has 0 radical (unpaired) electrons. The lowest BCUT2D eigenvalue weighted by molar-refractivity contribution is 0.0907. The fourth-order valence-corrected chi connectivity index (χ4v) is 1.75. The number of phenolic OH excluding ortho intramolecular Hbond substituents is 2. The fraction of sp³-hybridized carbons (Fsp3) is 0.364. The van der Waals surface area contributed by atoms with Crippen molar-refractivity contribution in [3.05, 3.63) is 23.8 Å². The summed E-state index contributed by atoms with van der Waals surface area (Å²) in [5, 5.41) is 21.3. The van der Waals surface area contributed by atoms with Gasteiger partial charge in [0.15, 0.2) is 0 Å². The molecule has 1 aromatic rings. The molecule has 0 saturated heterocycles. The van der Waals surface area contributed by atoms with Crippen LogP contribution in [-0.4, -0.2) is 28.2 Å². The molecular formula is C11H14N2O3. The summed E-state index contributed by atoms with van der Waals surface area (Å²) >= 11 is 0. The van der Waals surface area contributed by atoms with Crippen LogP contribution in [0, 0.1) is 0 Å². The van der Waals surface area contributed by atoms with Crippen LogP contribution in [0.2, 0.25) is 0 Å². The van der Waals surface area contributed by atoms with Gasteiger partial charge in [0, 0.05) is 18.2 Å². The van der Waals surface area contributed by atoms with Crippen molar-refractivity contribution in [2.24, 2.45) is 5.73 Å². The van der Waals surface area contributed by atoms with Crippen molar-refractivity contribution in [1.82, 2.24) is 5.32 Å². The van der Waals surface area contributed by atoms with Crippen molar-refractivity contribution in [3.63, 3.8) is 0 Å². The Kier molecular flexibility index (Phi) is 2.70. The average Bonchev–Trinajstić information content (AvgIpc) is 2.15. The molecule has 86 valence electrons. The summed E-state index contributed by atoms with van der Waals surface area (Å²) < 4.78 is 0. The molecule has 1 amide bonds. The highest BCUT2D eigenvalue weighted by Crippen LogP contribution is 2.24. The summed E-state index contributed by atoms with van der Waals surface area (Å²) in [4.78, 5) is 11.7. The molecule has 1 aliphatic rings. The van der Waals surface area contributed by atoms with Crippen LogP contribution in [0.25, 0.3) is 0 Å². The molecule has 1 aromatic carbocycles. The summed E-state index contributed by atoms with van der Waals surface area (Å²) in [5.74, 6) is -0.629. The second-order valence-electron chi connectivity index (χ2n) is 4.10. The molecule has 5 heteroatoms. The van der Waals surface area contributed by atoms with E-state index in [1.165, 1.54) is 12.1 Å². The minimum absolute atomic E-state index is 0.0697. The Hall–Kier alpha value is -1.75. The van der Waals surface area contributed by atoms with Crippen LogP contribution >= 0.6 is 0 Å².